The summed E-state index contributed by atoms with van der Waals surface area (Å²) >= 11 is 1.87. The lowest BCUT2D eigenvalue weighted by Gasteiger charge is -2.04. The van der Waals surface area contributed by atoms with Gasteiger partial charge in [0.05, 0.1) is 10.9 Å². The van der Waals surface area contributed by atoms with E-state index in [9.17, 15) is 0 Å². The van der Waals surface area contributed by atoms with Crippen LogP contribution in [0.5, 0.6) is 0 Å². The zero-order valence-corrected chi connectivity index (χ0v) is 18.4. The molecule has 8 rings (SSSR count). The number of hydrogen-bond acceptors (Lipinski definition) is 2. The fourth-order valence-corrected chi connectivity index (χ4v) is 6.55. The predicted molar refractivity (Wildman–Crippen MR) is 141 cm³/mol. The fraction of sp³-hybridized carbons (Fsp3) is 0. The van der Waals surface area contributed by atoms with Crippen molar-refractivity contribution in [2.45, 2.75) is 0 Å². The third-order valence-corrected chi connectivity index (χ3v) is 8.04. The van der Waals surface area contributed by atoms with Crippen molar-refractivity contribution in [3.05, 3.63) is 97.1 Å². The molecule has 0 bridgehead atoms. The van der Waals surface area contributed by atoms with Crippen LogP contribution in [-0.4, -0.2) is 4.98 Å². The molecule has 0 saturated carbocycles. The highest BCUT2D eigenvalue weighted by Crippen LogP contribution is 2.42. The first-order valence-corrected chi connectivity index (χ1v) is 11.9. The van der Waals surface area contributed by atoms with Gasteiger partial charge >= 0.3 is 0 Å². The number of hydrogen-bond donors (Lipinski definition) is 1. The van der Waals surface area contributed by atoms with Crippen LogP contribution in [0.25, 0.3) is 75.0 Å². The lowest BCUT2D eigenvalue weighted by Crippen LogP contribution is -1.79. The Bertz CT molecular complexity index is 2040. The first kappa shape index (κ1) is 17.5. The van der Waals surface area contributed by atoms with E-state index in [0.29, 0.717) is 0 Å². The van der Waals surface area contributed by atoms with E-state index in [1.165, 1.54) is 36.7 Å². The Morgan fingerprint density at radius 2 is 1.42 bits per heavy atom. The van der Waals surface area contributed by atoms with E-state index >= 15 is 0 Å². The standard InChI is InChI=1S/C30H17NOS/c1-3-10-26-19(6-1)21-13-15-25-28(29(21)32-26)23-16-17(12-14-24(23)31-25)18-8-5-9-22-20-7-2-4-11-27(20)33-30(18)22/h1-16,31H. The second-order valence-corrected chi connectivity index (χ2v) is 9.68. The van der Waals surface area contributed by atoms with E-state index in [-0.39, 0.29) is 0 Å². The lowest BCUT2D eigenvalue weighted by atomic mass is 10.00. The minimum Gasteiger partial charge on any atom is -0.455 e. The number of H-pyrrole nitrogens is 1. The summed E-state index contributed by atoms with van der Waals surface area (Å²) in [5, 5.41) is 7.34. The maximum atomic E-state index is 6.37. The number of thiophene rings is 1. The van der Waals surface area contributed by atoms with Crippen LogP contribution in [0.1, 0.15) is 0 Å². The molecule has 0 aliphatic heterocycles. The van der Waals surface area contributed by atoms with E-state index < -0.39 is 0 Å². The second-order valence-electron chi connectivity index (χ2n) is 8.63. The van der Waals surface area contributed by atoms with E-state index in [4.69, 9.17) is 4.42 Å². The van der Waals surface area contributed by atoms with Gasteiger partial charge < -0.3 is 9.40 Å². The van der Waals surface area contributed by atoms with Crippen molar-refractivity contribution < 1.29 is 4.42 Å². The summed E-state index contributed by atoms with van der Waals surface area (Å²) in [6, 6.07) is 34.7. The fourth-order valence-electron chi connectivity index (χ4n) is 5.31. The summed E-state index contributed by atoms with van der Waals surface area (Å²) < 4.78 is 9.04. The average molecular weight is 440 g/mol. The molecular weight excluding hydrogens is 422 g/mol. The van der Waals surface area contributed by atoms with Crippen LogP contribution in [0.4, 0.5) is 0 Å². The van der Waals surface area contributed by atoms with Crippen LogP contribution in [0.2, 0.25) is 0 Å². The molecule has 0 saturated heterocycles. The molecule has 0 atom stereocenters. The number of para-hydroxylation sites is 1. The van der Waals surface area contributed by atoms with Gasteiger partial charge in [0.2, 0.25) is 0 Å². The highest BCUT2D eigenvalue weighted by Gasteiger charge is 2.16. The minimum absolute atomic E-state index is 0.931. The van der Waals surface area contributed by atoms with Crippen molar-refractivity contribution in [1.29, 1.82) is 0 Å². The molecule has 154 valence electrons. The van der Waals surface area contributed by atoms with Crippen molar-refractivity contribution in [3.63, 3.8) is 0 Å². The molecule has 8 aromatic rings. The molecule has 33 heavy (non-hydrogen) atoms. The molecule has 3 aromatic heterocycles. The summed E-state index contributed by atoms with van der Waals surface area (Å²) in [5.74, 6) is 0. The molecular formula is C30H17NOS. The van der Waals surface area contributed by atoms with Gasteiger partial charge in [-0.3, -0.25) is 0 Å². The topological polar surface area (TPSA) is 28.9 Å². The summed E-state index contributed by atoms with van der Waals surface area (Å²) in [5.41, 5.74) is 6.63. The maximum Gasteiger partial charge on any atom is 0.145 e. The minimum atomic E-state index is 0.931. The van der Waals surface area contributed by atoms with Gasteiger partial charge in [-0.15, -0.1) is 11.3 Å². The van der Waals surface area contributed by atoms with Crippen LogP contribution in [0.3, 0.4) is 0 Å². The van der Waals surface area contributed by atoms with E-state index in [0.717, 1.165) is 38.4 Å². The molecule has 0 spiro atoms. The molecule has 3 heteroatoms. The van der Waals surface area contributed by atoms with Crippen molar-refractivity contribution in [3.8, 4) is 11.1 Å². The first-order chi connectivity index (χ1) is 16.3. The van der Waals surface area contributed by atoms with Gasteiger partial charge in [-0.05, 0) is 47.5 Å². The molecule has 3 heterocycles. The number of rotatable bonds is 1. The smallest absolute Gasteiger partial charge is 0.145 e. The summed E-state index contributed by atoms with van der Waals surface area (Å²) in [6.07, 6.45) is 0. The Labute approximate surface area is 192 Å². The Morgan fingerprint density at radius 3 is 2.39 bits per heavy atom. The highest BCUT2D eigenvalue weighted by molar-refractivity contribution is 7.26. The van der Waals surface area contributed by atoms with Crippen LogP contribution in [-0.2, 0) is 0 Å². The normalized spacial score (nSPS) is 12.2. The quantitative estimate of drug-likeness (QED) is 0.271. The lowest BCUT2D eigenvalue weighted by molar-refractivity contribution is 0.673. The molecule has 1 N–H and O–H groups in total. The Kier molecular flexibility index (Phi) is 3.31. The first-order valence-electron chi connectivity index (χ1n) is 11.1. The average Bonchev–Trinajstić information content (AvgIpc) is 3.54. The molecule has 2 nitrogen and oxygen atoms in total. The third kappa shape index (κ3) is 2.32. The molecule has 0 aliphatic rings. The van der Waals surface area contributed by atoms with Crippen molar-refractivity contribution >= 4 is 75.3 Å². The third-order valence-electron chi connectivity index (χ3n) is 6.82. The van der Waals surface area contributed by atoms with Crippen LogP contribution in [0.15, 0.2) is 101 Å². The molecule has 0 radical (unpaired) electrons. The van der Waals surface area contributed by atoms with Crippen LogP contribution in [0, 0.1) is 0 Å². The van der Waals surface area contributed by atoms with Crippen molar-refractivity contribution in [2.24, 2.45) is 0 Å². The van der Waals surface area contributed by atoms with Gasteiger partial charge in [0.15, 0.2) is 0 Å². The van der Waals surface area contributed by atoms with Gasteiger partial charge in [0.25, 0.3) is 0 Å². The zero-order valence-electron chi connectivity index (χ0n) is 17.6. The number of aromatic nitrogens is 1. The SMILES string of the molecule is c1ccc2c(c1)oc1c2ccc2[nH]c3ccc(-c4cccc5c4sc4ccccc45)cc3c21. The summed E-state index contributed by atoms with van der Waals surface area (Å²) in [4.78, 5) is 3.59. The molecule has 0 unspecified atom stereocenters. The number of fused-ring (bicyclic) bond motifs is 10. The van der Waals surface area contributed by atoms with Gasteiger partial charge in [-0.2, -0.15) is 0 Å². The monoisotopic (exact) mass is 439 g/mol. The van der Waals surface area contributed by atoms with Gasteiger partial charge in [0.1, 0.15) is 11.2 Å². The number of nitrogens with one attached hydrogen (secondary N) is 1. The second kappa shape index (κ2) is 6.25. The molecule has 0 aliphatic carbocycles. The van der Waals surface area contributed by atoms with E-state index in [2.05, 4.69) is 89.9 Å². The van der Waals surface area contributed by atoms with Gasteiger partial charge in [-0.1, -0.05) is 60.7 Å². The maximum absolute atomic E-state index is 6.37. The highest BCUT2D eigenvalue weighted by atomic mass is 32.1. The van der Waals surface area contributed by atoms with E-state index in [1.54, 1.807) is 0 Å². The number of benzene rings is 5. The summed E-state index contributed by atoms with van der Waals surface area (Å²) in [7, 11) is 0. The Hall–Kier alpha value is -4.08. The van der Waals surface area contributed by atoms with Crippen LogP contribution >= 0.6 is 11.3 Å². The largest absolute Gasteiger partial charge is 0.455 e. The number of furan rings is 1. The predicted octanol–water partition coefficient (Wildman–Crippen LogP) is 9.26. The van der Waals surface area contributed by atoms with Crippen LogP contribution < -0.4 is 0 Å². The van der Waals surface area contributed by atoms with Gasteiger partial charge in [0, 0.05) is 41.8 Å². The molecule has 0 fully saturated rings. The van der Waals surface area contributed by atoms with Crippen molar-refractivity contribution in [2.75, 3.05) is 0 Å². The Morgan fingerprint density at radius 1 is 0.606 bits per heavy atom. The van der Waals surface area contributed by atoms with Crippen molar-refractivity contribution in [1.82, 2.24) is 4.98 Å². The molecule has 0 amide bonds. The number of aromatic amines is 1. The van der Waals surface area contributed by atoms with Gasteiger partial charge in [-0.25, -0.2) is 0 Å². The summed E-state index contributed by atoms with van der Waals surface area (Å²) in [6.45, 7) is 0. The molecule has 5 aromatic carbocycles. The Balaban J connectivity index is 1.46. The zero-order chi connectivity index (χ0) is 21.5. The van der Waals surface area contributed by atoms with E-state index in [1.807, 2.05) is 23.5 Å².